The van der Waals surface area contributed by atoms with Crippen molar-refractivity contribution in [1.82, 2.24) is 0 Å². The quantitative estimate of drug-likeness (QED) is 0.769. The van der Waals surface area contributed by atoms with Crippen LogP contribution in [0.15, 0.2) is 33.5 Å². The fourth-order valence-corrected chi connectivity index (χ4v) is 2.22. The first-order valence-electron chi connectivity index (χ1n) is 5.37. The van der Waals surface area contributed by atoms with E-state index in [9.17, 15) is 4.79 Å². The minimum Gasteiger partial charge on any atom is -0.492 e. The maximum absolute atomic E-state index is 11.0. The van der Waals surface area contributed by atoms with Gasteiger partial charge in [-0.3, -0.25) is 4.79 Å². The van der Waals surface area contributed by atoms with Crippen LogP contribution in [0.2, 0.25) is 0 Å². The zero-order chi connectivity index (χ0) is 12.7. The minimum absolute atomic E-state index is 0.121. The molecule has 0 saturated carbocycles. The molecule has 0 saturated heterocycles. The van der Waals surface area contributed by atoms with Gasteiger partial charge in [0.2, 0.25) is 0 Å². The van der Waals surface area contributed by atoms with E-state index in [4.69, 9.17) is 18.7 Å². The summed E-state index contributed by atoms with van der Waals surface area (Å²) in [5.74, 6) is -0.353. The van der Waals surface area contributed by atoms with Crippen molar-refractivity contribution in [3.8, 4) is 5.75 Å². The van der Waals surface area contributed by atoms with Crippen molar-refractivity contribution in [2.45, 2.75) is 6.42 Å². The largest absolute Gasteiger partial charge is 0.492 e. The van der Waals surface area contributed by atoms with Crippen LogP contribution in [0.3, 0.4) is 0 Å². The Morgan fingerprint density at radius 1 is 1.22 bits per heavy atom. The molecule has 2 aromatic heterocycles. The molecule has 5 nitrogen and oxygen atoms in total. The number of carbonyl (C=O) groups is 1. The van der Waals surface area contributed by atoms with Gasteiger partial charge in [-0.1, -0.05) is 0 Å². The molecular formula is C13H10O5. The minimum atomic E-state index is -0.916. The second-order valence-corrected chi connectivity index (χ2v) is 3.91. The standard InChI is InChI=1S/C13H10O5/c1-16-12-8-3-5-17-11(8)9(6-10(14)15)7-2-4-18-13(7)12/h2-5H,6H2,1H3,(H,14,15). The Labute approximate surface area is 102 Å². The number of benzene rings is 1. The third-order valence-corrected chi connectivity index (χ3v) is 2.91. The van der Waals surface area contributed by atoms with Gasteiger partial charge in [0, 0.05) is 10.9 Å². The van der Waals surface area contributed by atoms with Crippen LogP contribution in [-0.4, -0.2) is 18.2 Å². The summed E-state index contributed by atoms with van der Waals surface area (Å²) in [6.45, 7) is 0. The Bertz CT molecular complexity index is 683. The SMILES string of the molecule is COc1c2ccoc2c(CC(=O)O)c2ccoc12. The second-order valence-electron chi connectivity index (χ2n) is 3.91. The number of furan rings is 2. The van der Waals surface area contributed by atoms with Crippen molar-refractivity contribution in [3.05, 3.63) is 30.2 Å². The number of fused-ring (bicyclic) bond motifs is 2. The molecule has 3 rings (SSSR count). The van der Waals surface area contributed by atoms with E-state index in [1.54, 1.807) is 19.2 Å². The number of hydrogen-bond acceptors (Lipinski definition) is 4. The smallest absolute Gasteiger partial charge is 0.307 e. The molecular weight excluding hydrogens is 236 g/mol. The lowest BCUT2D eigenvalue weighted by molar-refractivity contribution is -0.136. The number of ether oxygens (including phenoxy) is 1. The molecule has 5 heteroatoms. The van der Waals surface area contributed by atoms with E-state index in [2.05, 4.69) is 0 Å². The summed E-state index contributed by atoms with van der Waals surface area (Å²) in [4.78, 5) is 11.0. The number of hydrogen-bond donors (Lipinski definition) is 1. The van der Waals surface area contributed by atoms with Crippen molar-refractivity contribution in [3.63, 3.8) is 0 Å². The van der Waals surface area contributed by atoms with Crippen molar-refractivity contribution in [1.29, 1.82) is 0 Å². The van der Waals surface area contributed by atoms with Crippen LogP contribution in [-0.2, 0) is 11.2 Å². The number of rotatable bonds is 3. The highest BCUT2D eigenvalue weighted by atomic mass is 16.5. The van der Waals surface area contributed by atoms with Crippen LogP contribution in [0.5, 0.6) is 5.75 Å². The van der Waals surface area contributed by atoms with Crippen LogP contribution >= 0.6 is 0 Å². The molecule has 0 bridgehead atoms. The van der Waals surface area contributed by atoms with Gasteiger partial charge in [0.15, 0.2) is 11.3 Å². The zero-order valence-electron chi connectivity index (χ0n) is 9.60. The first-order chi connectivity index (χ1) is 8.72. The maximum Gasteiger partial charge on any atom is 0.307 e. The van der Waals surface area contributed by atoms with Gasteiger partial charge in [0.05, 0.1) is 31.4 Å². The van der Waals surface area contributed by atoms with Gasteiger partial charge < -0.3 is 18.7 Å². The highest BCUT2D eigenvalue weighted by Gasteiger charge is 2.20. The first kappa shape index (κ1) is 10.7. The molecule has 0 aliphatic rings. The van der Waals surface area contributed by atoms with Gasteiger partial charge in [-0.25, -0.2) is 0 Å². The molecule has 0 radical (unpaired) electrons. The lowest BCUT2D eigenvalue weighted by Crippen LogP contribution is -2.01. The van der Waals surface area contributed by atoms with Gasteiger partial charge in [-0.15, -0.1) is 0 Å². The Hall–Kier alpha value is -2.43. The summed E-state index contributed by atoms with van der Waals surface area (Å²) in [6.07, 6.45) is 2.90. The van der Waals surface area contributed by atoms with E-state index in [0.29, 0.717) is 27.9 Å². The van der Waals surface area contributed by atoms with Crippen molar-refractivity contribution in [2.24, 2.45) is 0 Å². The molecule has 0 amide bonds. The molecule has 2 heterocycles. The van der Waals surface area contributed by atoms with Crippen molar-refractivity contribution >= 4 is 27.9 Å². The molecule has 3 aromatic rings. The molecule has 0 fully saturated rings. The highest BCUT2D eigenvalue weighted by molar-refractivity contribution is 6.05. The number of carboxylic acids is 1. The summed E-state index contributed by atoms with van der Waals surface area (Å²) >= 11 is 0. The van der Waals surface area contributed by atoms with Gasteiger partial charge in [0.1, 0.15) is 5.58 Å². The lowest BCUT2D eigenvalue weighted by atomic mass is 10.0. The summed E-state index contributed by atoms with van der Waals surface area (Å²) < 4.78 is 16.1. The Kier molecular flexibility index (Phi) is 2.26. The molecule has 0 spiro atoms. The fraction of sp³-hybridized carbons (Fsp3) is 0.154. The van der Waals surface area contributed by atoms with Crippen molar-refractivity contribution < 1.29 is 23.5 Å². The molecule has 0 atom stereocenters. The predicted octanol–water partition coefficient (Wildman–Crippen LogP) is 2.81. The van der Waals surface area contributed by atoms with Crippen LogP contribution in [0, 0.1) is 0 Å². The van der Waals surface area contributed by atoms with Crippen molar-refractivity contribution in [2.75, 3.05) is 7.11 Å². The molecule has 18 heavy (non-hydrogen) atoms. The van der Waals surface area contributed by atoms with E-state index >= 15 is 0 Å². The predicted molar refractivity (Wildman–Crippen MR) is 63.9 cm³/mol. The number of carboxylic acid groups (broad SMARTS) is 1. The Morgan fingerprint density at radius 3 is 2.56 bits per heavy atom. The average Bonchev–Trinajstić information content (AvgIpc) is 2.96. The summed E-state index contributed by atoms with van der Waals surface area (Å²) in [7, 11) is 1.54. The third-order valence-electron chi connectivity index (χ3n) is 2.91. The fourth-order valence-electron chi connectivity index (χ4n) is 2.22. The summed E-state index contributed by atoms with van der Waals surface area (Å²) in [5, 5.41) is 10.4. The number of methoxy groups -OCH3 is 1. The Morgan fingerprint density at radius 2 is 1.89 bits per heavy atom. The molecule has 1 N–H and O–H groups in total. The molecule has 0 unspecified atom stereocenters. The van der Waals surface area contributed by atoms with Crippen LogP contribution < -0.4 is 4.74 Å². The normalized spacial score (nSPS) is 11.2. The molecule has 1 aromatic carbocycles. The van der Waals surface area contributed by atoms with E-state index < -0.39 is 5.97 Å². The van der Waals surface area contributed by atoms with Gasteiger partial charge in [-0.2, -0.15) is 0 Å². The van der Waals surface area contributed by atoms with Crippen LogP contribution in [0.4, 0.5) is 0 Å². The van der Waals surface area contributed by atoms with E-state index in [-0.39, 0.29) is 6.42 Å². The molecule has 0 aliphatic heterocycles. The summed E-state index contributed by atoms with van der Waals surface area (Å²) in [6, 6.07) is 3.46. The van der Waals surface area contributed by atoms with Crippen LogP contribution in [0.1, 0.15) is 5.56 Å². The van der Waals surface area contributed by atoms with Gasteiger partial charge in [-0.05, 0) is 12.1 Å². The highest BCUT2D eigenvalue weighted by Crippen LogP contribution is 2.39. The van der Waals surface area contributed by atoms with Crippen LogP contribution in [0.25, 0.3) is 21.9 Å². The monoisotopic (exact) mass is 246 g/mol. The number of aliphatic carboxylic acids is 1. The zero-order valence-corrected chi connectivity index (χ0v) is 9.60. The first-order valence-corrected chi connectivity index (χ1v) is 5.37. The maximum atomic E-state index is 11.0. The van der Waals surface area contributed by atoms with E-state index in [1.165, 1.54) is 12.5 Å². The summed E-state index contributed by atoms with van der Waals surface area (Å²) in [5.41, 5.74) is 1.68. The molecule has 92 valence electrons. The van der Waals surface area contributed by atoms with Gasteiger partial charge in [0.25, 0.3) is 0 Å². The third kappa shape index (κ3) is 1.37. The average molecular weight is 246 g/mol. The second kappa shape index (κ2) is 3.80. The topological polar surface area (TPSA) is 72.8 Å². The van der Waals surface area contributed by atoms with E-state index in [1.807, 2.05) is 0 Å². The Balaban J connectivity index is 2.46. The van der Waals surface area contributed by atoms with E-state index in [0.717, 1.165) is 5.39 Å². The van der Waals surface area contributed by atoms with Gasteiger partial charge >= 0.3 is 5.97 Å². The molecule has 0 aliphatic carbocycles. The lowest BCUT2D eigenvalue weighted by Gasteiger charge is -2.06.